The van der Waals surface area contributed by atoms with E-state index in [9.17, 15) is 28.0 Å². The van der Waals surface area contributed by atoms with Crippen molar-refractivity contribution in [2.24, 2.45) is 11.7 Å². The monoisotopic (exact) mass is 493 g/mol. The van der Waals surface area contributed by atoms with Gasteiger partial charge in [0.1, 0.15) is 5.56 Å². The van der Waals surface area contributed by atoms with E-state index in [2.05, 4.69) is 21.4 Å². The average Bonchev–Trinajstić information content (AvgIpc) is 3.57. The molecule has 35 heavy (non-hydrogen) atoms. The van der Waals surface area contributed by atoms with E-state index in [4.69, 9.17) is 5.73 Å². The van der Waals surface area contributed by atoms with Crippen LogP contribution in [0.5, 0.6) is 0 Å². The number of alkyl halides is 3. The summed E-state index contributed by atoms with van der Waals surface area (Å²) in [6.07, 6.45) is 2.81. The van der Waals surface area contributed by atoms with E-state index in [0.29, 0.717) is 25.9 Å². The van der Waals surface area contributed by atoms with Crippen molar-refractivity contribution < 1.29 is 22.8 Å². The van der Waals surface area contributed by atoms with Gasteiger partial charge >= 0.3 is 6.18 Å². The first-order valence-electron chi connectivity index (χ1n) is 12.2. The fourth-order valence-corrected chi connectivity index (χ4v) is 6.08. The molecule has 2 saturated carbocycles. The molecular formula is C23H30F3N7O2. The fourth-order valence-electron chi connectivity index (χ4n) is 6.08. The number of hydrogen-bond acceptors (Lipinski definition) is 6. The molecule has 6 rings (SSSR count). The highest BCUT2D eigenvalue weighted by Gasteiger charge is 2.50. The first kappa shape index (κ1) is 24.1. The van der Waals surface area contributed by atoms with Crippen LogP contribution in [-0.2, 0) is 10.3 Å². The van der Waals surface area contributed by atoms with Gasteiger partial charge in [-0.2, -0.15) is 23.5 Å². The Hall–Kier alpha value is -2.65. The van der Waals surface area contributed by atoms with Gasteiger partial charge in [-0.3, -0.25) is 24.1 Å². The third kappa shape index (κ3) is 4.76. The molecule has 2 bridgehead atoms. The summed E-state index contributed by atoms with van der Waals surface area (Å²) in [5, 5.41) is 16.8. The Morgan fingerprint density at radius 3 is 2.37 bits per heavy atom. The highest BCUT2D eigenvalue weighted by Crippen LogP contribution is 2.43. The smallest absolute Gasteiger partial charge is 0.365 e. The minimum absolute atomic E-state index is 0.0527. The molecule has 0 spiro atoms. The van der Waals surface area contributed by atoms with E-state index in [0.717, 1.165) is 32.1 Å². The van der Waals surface area contributed by atoms with Crippen LogP contribution in [0.1, 0.15) is 61.7 Å². The van der Waals surface area contributed by atoms with Crippen LogP contribution in [0.15, 0.2) is 6.20 Å². The van der Waals surface area contributed by atoms with Crippen molar-refractivity contribution in [3.05, 3.63) is 11.8 Å². The Balaban J connectivity index is 1.26. The van der Waals surface area contributed by atoms with Crippen molar-refractivity contribution in [1.29, 1.82) is 5.26 Å². The molecule has 5 fully saturated rings. The van der Waals surface area contributed by atoms with Gasteiger partial charge in [0.15, 0.2) is 5.82 Å². The molecule has 12 heteroatoms. The summed E-state index contributed by atoms with van der Waals surface area (Å²) in [5.74, 6) is -0.806. The SMILES string of the molecule is N#CCC1(n2cc(C(N)=O)c(NC(=O)C3CC3)n2)CCC(N2CC3CC(C2)N3CC(F)(F)F)CC1. The van der Waals surface area contributed by atoms with Gasteiger partial charge in [0.05, 0.1) is 24.6 Å². The molecule has 2 aliphatic carbocycles. The molecule has 0 radical (unpaired) electrons. The lowest BCUT2D eigenvalue weighted by Gasteiger charge is -2.58. The van der Waals surface area contributed by atoms with Crippen molar-refractivity contribution in [3.63, 3.8) is 0 Å². The van der Waals surface area contributed by atoms with Crippen molar-refractivity contribution >= 4 is 17.6 Å². The Morgan fingerprint density at radius 1 is 1.17 bits per heavy atom. The van der Waals surface area contributed by atoms with E-state index in [1.165, 1.54) is 6.20 Å². The summed E-state index contributed by atoms with van der Waals surface area (Å²) in [6, 6.07) is 2.38. The van der Waals surface area contributed by atoms with Crippen LogP contribution < -0.4 is 11.1 Å². The van der Waals surface area contributed by atoms with Crippen LogP contribution >= 0.6 is 0 Å². The second-order valence-corrected chi connectivity index (χ2v) is 10.5. The van der Waals surface area contributed by atoms with Gasteiger partial charge in [-0.25, -0.2) is 0 Å². The van der Waals surface area contributed by atoms with Gasteiger partial charge in [-0.15, -0.1) is 0 Å². The van der Waals surface area contributed by atoms with Gasteiger partial charge in [0, 0.05) is 43.3 Å². The number of aromatic nitrogens is 2. The second-order valence-electron chi connectivity index (χ2n) is 10.5. The normalized spacial score (nSPS) is 31.4. The van der Waals surface area contributed by atoms with Crippen LogP contribution in [0.4, 0.5) is 19.0 Å². The molecule has 2 unspecified atom stereocenters. The summed E-state index contributed by atoms with van der Waals surface area (Å²) in [6.45, 7) is 0.425. The summed E-state index contributed by atoms with van der Waals surface area (Å²) >= 11 is 0. The van der Waals surface area contributed by atoms with E-state index < -0.39 is 24.2 Å². The molecule has 0 aromatic carbocycles. The number of nitrogens with one attached hydrogen (secondary N) is 1. The number of nitriles is 1. The quantitative estimate of drug-likeness (QED) is 0.601. The molecule has 9 nitrogen and oxygen atoms in total. The molecule has 3 N–H and O–H groups in total. The van der Waals surface area contributed by atoms with E-state index >= 15 is 0 Å². The fraction of sp³-hybridized carbons (Fsp3) is 0.739. The van der Waals surface area contributed by atoms with Gasteiger partial charge in [0.25, 0.3) is 5.91 Å². The molecule has 5 aliphatic rings. The molecule has 3 aliphatic heterocycles. The third-order valence-corrected chi connectivity index (χ3v) is 8.20. The third-order valence-electron chi connectivity index (χ3n) is 8.20. The van der Waals surface area contributed by atoms with Crippen molar-refractivity contribution in [2.45, 2.75) is 81.2 Å². The van der Waals surface area contributed by atoms with Gasteiger partial charge < -0.3 is 11.1 Å². The Labute approximate surface area is 201 Å². The summed E-state index contributed by atoms with van der Waals surface area (Å²) < 4.78 is 40.2. The first-order chi connectivity index (χ1) is 16.6. The average molecular weight is 494 g/mol. The minimum atomic E-state index is -4.18. The van der Waals surface area contributed by atoms with Crippen LogP contribution in [0.2, 0.25) is 0 Å². The van der Waals surface area contributed by atoms with Crippen LogP contribution in [0.25, 0.3) is 0 Å². The lowest BCUT2D eigenvalue weighted by molar-refractivity contribution is -0.191. The molecule has 2 atom stereocenters. The summed E-state index contributed by atoms with van der Waals surface area (Å²) in [5.41, 5.74) is 5.04. The maximum Gasteiger partial charge on any atom is 0.401 e. The largest absolute Gasteiger partial charge is 0.401 e. The lowest BCUT2D eigenvalue weighted by Crippen LogP contribution is -2.71. The van der Waals surface area contributed by atoms with Crippen LogP contribution in [0.3, 0.4) is 0 Å². The van der Waals surface area contributed by atoms with Gasteiger partial charge in [0.2, 0.25) is 5.91 Å². The highest BCUT2D eigenvalue weighted by molar-refractivity contribution is 6.02. The number of halogens is 3. The maximum atomic E-state index is 12.9. The summed E-state index contributed by atoms with van der Waals surface area (Å²) in [4.78, 5) is 28.2. The predicted octanol–water partition coefficient (Wildman–Crippen LogP) is 2.20. The summed E-state index contributed by atoms with van der Waals surface area (Å²) in [7, 11) is 0. The topological polar surface area (TPSA) is 120 Å². The number of anilines is 1. The maximum absolute atomic E-state index is 12.9. The lowest BCUT2D eigenvalue weighted by atomic mass is 9.76. The van der Waals surface area contributed by atoms with Crippen molar-refractivity contribution in [3.8, 4) is 6.07 Å². The molecule has 1 aromatic rings. The predicted molar refractivity (Wildman–Crippen MR) is 119 cm³/mol. The Bertz CT molecular complexity index is 1020. The van der Waals surface area contributed by atoms with Crippen molar-refractivity contribution in [2.75, 3.05) is 25.0 Å². The van der Waals surface area contributed by atoms with Gasteiger partial charge in [-0.1, -0.05) is 0 Å². The molecule has 1 aromatic heterocycles. The number of nitrogens with two attached hydrogens (primary N) is 1. The number of amides is 2. The van der Waals surface area contributed by atoms with Gasteiger partial charge in [-0.05, 0) is 44.9 Å². The number of piperazine rings is 1. The zero-order chi connectivity index (χ0) is 25.0. The van der Waals surface area contributed by atoms with E-state index in [1.54, 1.807) is 9.58 Å². The number of rotatable bonds is 7. The van der Waals surface area contributed by atoms with E-state index in [1.807, 2.05) is 0 Å². The molecule has 2 amide bonds. The number of piperidine rings is 1. The van der Waals surface area contributed by atoms with E-state index in [-0.39, 0.29) is 47.8 Å². The second kappa shape index (κ2) is 8.78. The molecular weight excluding hydrogens is 463 g/mol. The standard InChI is InChI=1S/C23H30F3N7O2/c24-23(25,26)13-32-16-9-17(32)11-31(10-16)15-3-5-22(6-4-15,7-8-27)33-12-18(19(28)34)20(30-33)29-21(35)14-1-2-14/h12,14-17H,1-7,9-11,13H2,(H2,28,34)(H,29,30,35). The number of fused-ring (bicyclic) bond motifs is 2. The zero-order valence-electron chi connectivity index (χ0n) is 19.4. The Kier molecular flexibility index (Phi) is 6.04. The zero-order valence-corrected chi connectivity index (χ0v) is 19.4. The molecule has 4 heterocycles. The number of carbonyl (C=O) groups is 2. The Morgan fingerprint density at radius 2 is 1.83 bits per heavy atom. The molecule has 190 valence electrons. The minimum Gasteiger partial charge on any atom is -0.365 e. The molecule has 3 saturated heterocycles. The number of primary amides is 1. The number of hydrogen-bond donors (Lipinski definition) is 2. The van der Waals surface area contributed by atoms with Crippen LogP contribution in [-0.4, -0.2) is 75.3 Å². The van der Waals surface area contributed by atoms with Crippen molar-refractivity contribution in [1.82, 2.24) is 19.6 Å². The first-order valence-corrected chi connectivity index (χ1v) is 12.2. The number of nitrogens with zero attached hydrogens (tertiary/aromatic N) is 5. The highest BCUT2D eigenvalue weighted by atomic mass is 19.4. The van der Waals surface area contributed by atoms with Crippen LogP contribution in [0, 0.1) is 17.2 Å². The number of carbonyl (C=O) groups excluding carboxylic acids is 2.